The molecular formula is C10H10N4O2S. The van der Waals surface area contributed by atoms with Crippen molar-refractivity contribution >= 4 is 22.4 Å². The fourth-order valence-electron chi connectivity index (χ4n) is 1.17. The van der Waals surface area contributed by atoms with Gasteiger partial charge in [-0.25, -0.2) is 0 Å². The first-order valence-corrected chi connectivity index (χ1v) is 5.78. The second-order valence-electron chi connectivity index (χ2n) is 3.24. The van der Waals surface area contributed by atoms with Crippen molar-refractivity contribution in [2.45, 2.75) is 13.3 Å². The number of aromatic hydroxyl groups is 1. The highest BCUT2D eigenvalue weighted by atomic mass is 32.1. The van der Waals surface area contributed by atoms with E-state index in [1.807, 2.05) is 6.92 Å². The van der Waals surface area contributed by atoms with Crippen LogP contribution in [-0.2, 0) is 6.42 Å². The van der Waals surface area contributed by atoms with Crippen molar-refractivity contribution < 1.29 is 9.90 Å². The number of carbonyl (C=O) groups excluding carboxylic acids is 1. The molecule has 0 bridgehead atoms. The number of amides is 1. The molecule has 0 fully saturated rings. The first-order chi connectivity index (χ1) is 8.19. The van der Waals surface area contributed by atoms with Gasteiger partial charge in [0, 0.05) is 6.20 Å². The summed E-state index contributed by atoms with van der Waals surface area (Å²) in [4.78, 5) is 15.5. The predicted octanol–water partition coefficient (Wildman–Crippen LogP) is 1.45. The summed E-state index contributed by atoms with van der Waals surface area (Å²) >= 11 is 1.32. The lowest BCUT2D eigenvalue weighted by Crippen LogP contribution is -2.11. The number of nitrogens with one attached hydrogen (secondary N) is 1. The Morgan fingerprint density at radius 1 is 1.47 bits per heavy atom. The van der Waals surface area contributed by atoms with Crippen LogP contribution in [0.2, 0.25) is 0 Å². The summed E-state index contributed by atoms with van der Waals surface area (Å²) < 4.78 is 0. The zero-order valence-electron chi connectivity index (χ0n) is 9.04. The fraction of sp³-hybridized carbons (Fsp3) is 0.200. The lowest BCUT2D eigenvalue weighted by molar-refractivity contribution is 0.102. The van der Waals surface area contributed by atoms with E-state index in [1.165, 1.54) is 29.8 Å². The van der Waals surface area contributed by atoms with Crippen LogP contribution in [-0.4, -0.2) is 26.2 Å². The third-order valence-corrected chi connectivity index (χ3v) is 2.96. The highest BCUT2D eigenvalue weighted by molar-refractivity contribution is 7.15. The van der Waals surface area contributed by atoms with E-state index < -0.39 is 0 Å². The molecule has 6 nitrogen and oxygen atoms in total. The molecule has 2 rings (SSSR count). The maximum Gasteiger partial charge on any atom is 0.259 e. The van der Waals surface area contributed by atoms with Crippen LogP contribution in [0.1, 0.15) is 22.3 Å². The van der Waals surface area contributed by atoms with Gasteiger partial charge < -0.3 is 5.11 Å². The zero-order valence-corrected chi connectivity index (χ0v) is 9.86. The number of pyridine rings is 1. The average molecular weight is 250 g/mol. The Morgan fingerprint density at radius 2 is 2.29 bits per heavy atom. The fourth-order valence-corrected chi connectivity index (χ4v) is 1.84. The summed E-state index contributed by atoms with van der Waals surface area (Å²) in [5, 5.41) is 20.8. The lowest BCUT2D eigenvalue weighted by atomic mass is 10.2. The average Bonchev–Trinajstić information content (AvgIpc) is 2.77. The number of hydrogen-bond donors (Lipinski definition) is 2. The van der Waals surface area contributed by atoms with Crippen LogP contribution in [0, 0.1) is 0 Å². The van der Waals surface area contributed by atoms with E-state index in [9.17, 15) is 9.90 Å². The molecule has 0 aromatic carbocycles. The molecule has 0 aliphatic heterocycles. The van der Waals surface area contributed by atoms with Crippen LogP contribution in [0.5, 0.6) is 5.75 Å². The minimum atomic E-state index is -0.368. The topological polar surface area (TPSA) is 88.0 Å². The van der Waals surface area contributed by atoms with Crippen LogP contribution in [0.25, 0.3) is 0 Å². The Labute approximate surface area is 101 Å². The zero-order chi connectivity index (χ0) is 12.3. The lowest BCUT2D eigenvalue weighted by Gasteiger charge is -2.00. The van der Waals surface area contributed by atoms with Gasteiger partial charge in [0.15, 0.2) is 0 Å². The minimum Gasteiger partial charge on any atom is -0.506 e. The van der Waals surface area contributed by atoms with Gasteiger partial charge in [0.2, 0.25) is 5.13 Å². The third-order valence-electron chi connectivity index (χ3n) is 1.98. The number of aromatic nitrogens is 3. The smallest absolute Gasteiger partial charge is 0.259 e. The van der Waals surface area contributed by atoms with Crippen LogP contribution in [0.3, 0.4) is 0 Å². The maximum atomic E-state index is 11.7. The summed E-state index contributed by atoms with van der Waals surface area (Å²) in [5.41, 5.74) is 0.276. The van der Waals surface area contributed by atoms with Crippen LogP contribution in [0.4, 0.5) is 5.13 Å². The molecule has 0 atom stereocenters. The van der Waals surface area contributed by atoms with Gasteiger partial charge >= 0.3 is 0 Å². The van der Waals surface area contributed by atoms with Crippen molar-refractivity contribution in [1.82, 2.24) is 15.2 Å². The van der Waals surface area contributed by atoms with Crippen LogP contribution in [0.15, 0.2) is 18.5 Å². The van der Waals surface area contributed by atoms with Crippen LogP contribution < -0.4 is 5.32 Å². The third kappa shape index (κ3) is 2.76. The molecule has 1 amide bonds. The summed E-state index contributed by atoms with van der Waals surface area (Å²) in [6, 6.07) is 1.34. The quantitative estimate of drug-likeness (QED) is 0.860. The Kier molecular flexibility index (Phi) is 3.29. The number of carbonyl (C=O) groups is 1. The summed E-state index contributed by atoms with van der Waals surface area (Å²) in [6.07, 6.45) is 3.41. The highest BCUT2D eigenvalue weighted by Crippen LogP contribution is 2.17. The molecule has 0 spiro atoms. The van der Waals surface area contributed by atoms with Gasteiger partial charge in [-0.15, -0.1) is 10.2 Å². The summed E-state index contributed by atoms with van der Waals surface area (Å²) in [7, 11) is 0. The van der Waals surface area contributed by atoms with E-state index in [0.29, 0.717) is 5.13 Å². The van der Waals surface area contributed by atoms with Crippen LogP contribution >= 0.6 is 11.3 Å². The largest absolute Gasteiger partial charge is 0.506 e. The van der Waals surface area contributed by atoms with Gasteiger partial charge in [-0.05, 0) is 12.5 Å². The number of aryl methyl sites for hydroxylation is 1. The molecule has 2 aromatic heterocycles. The molecule has 0 radical (unpaired) electrons. The second kappa shape index (κ2) is 4.88. The monoisotopic (exact) mass is 250 g/mol. The van der Waals surface area contributed by atoms with Crippen molar-refractivity contribution in [3.05, 3.63) is 29.0 Å². The SMILES string of the molecule is CCc1nnc(NC(=O)c2cncc(O)c2)s1. The van der Waals surface area contributed by atoms with Gasteiger partial charge in [0.05, 0.1) is 11.8 Å². The number of hydrogen-bond acceptors (Lipinski definition) is 6. The molecule has 2 aromatic rings. The van der Waals surface area contributed by atoms with Gasteiger partial charge in [0.25, 0.3) is 5.91 Å². The number of nitrogens with zero attached hydrogens (tertiary/aromatic N) is 3. The molecule has 0 saturated heterocycles. The van der Waals surface area contributed by atoms with Crippen molar-refractivity contribution in [2.24, 2.45) is 0 Å². The van der Waals surface area contributed by atoms with Gasteiger partial charge in [-0.2, -0.15) is 0 Å². The Hall–Kier alpha value is -2.02. The van der Waals surface area contributed by atoms with Gasteiger partial charge in [-0.1, -0.05) is 18.3 Å². The molecule has 7 heteroatoms. The first-order valence-electron chi connectivity index (χ1n) is 4.96. The summed E-state index contributed by atoms with van der Waals surface area (Å²) in [6.45, 7) is 1.96. The van der Waals surface area contributed by atoms with E-state index in [4.69, 9.17) is 0 Å². The normalized spacial score (nSPS) is 10.2. The van der Waals surface area contributed by atoms with Gasteiger partial charge in [-0.3, -0.25) is 15.1 Å². The maximum absolute atomic E-state index is 11.7. The van der Waals surface area contributed by atoms with E-state index in [-0.39, 0.29) is 17.2 Å². The molecular weight excluding hydrogens is 240 g/mol. The molecule has 0 aliphatic rings. The molecule has 17 heavy (non-hydrogen) atoms. The number of rotatable bonds is 3. The molecule has 88 valence electrons. The van der Waals surface area contributed by atoms with Crippen molar-refractivity contribution in [2.75, 3.05) is 5.32 Å². The second-order valence-corrected chi connectivity index (χ2v) is 4.30. The molecule has 2 heterocycles. The minimum absolute atomic E-state index is 0.0517. The predicted molar refractivity (Wildman–Crippen MR) is 63.1 cm³/mol. The van der Waals surface area contributed by atoms with Crippen molar-refractivity contribution in [3.63, 3.8) is 0 Å². The Morgan fingerprint density at radius 3 is 2.94 bits per heavy atom. The van der Waals surface area contributed by atoms with Crippen molar-refractivity contribution in [3.8, 4) is 5.75 Å². The summed E-state index contributed by atoms with van der Waals surface area (Å²) in [5.74, 6) is -0.420. The molecule has 0 unspecified atom stereocenters. The van der Waals surface area contributed by atoms with E-state index in [2.05, 4.69) is 20.5 Å². The molecule has 0 saturated carbocycles. The van der Waals surface area contributed by atoms with E-state index in [1.54, 1.807) is 0 Å². The number of anilines is 1. The van der Waals surface area contributed by atoms with Gasteiger partial charge in [0.1, 0.15) is 10.8 Å². The van der Waals surface area contributed by atoms with Crippen molar-refractivity contribution in [1.29, 1.82) is 0 Å². The Bertz CT molecular complexity index is 541. The standard InChI is InChI=1S/C10H10N4O2S/c1-2-8-13-14-10(17-8)12-9(16)6-3-7(15)5-11-4-6/h3-5,15H,2H2,1H3,(H,12,14,16). The molecule has 2 N–H and O–H groups in total. The molecule has 0 aliphatic carbocycles. The highest BCUT2D eigenvalue weighted by Gasteiger charge is 2.10. The first kappa shape index (κ1) is 11.5. The van der Waals surface area contributed by atoms with E-state index in [0.717, 1.165) is 11.4 Å². The Balaban J connectivity index is 2.11. The van der Waals surface area contributed by atoms with E-state index >= 15 is 0 Å².